The van der Waals surface area contributed by atoms with Gasteiger partial charge in [0, 0.05) is 11.4 Å². The first kappa shape index (κ1) is 14.4. The summed E-state index contributed by atoms with van der Waals surface area (Å²) in [5.41, 5.74) is -1.47. The normalized spacial score (nSPS) is 11.1. The molecule has 0 spiro atoms. The molecule has 0 fully saturated rings. The lowest BCUT2D eigenvalue weighted by molar-refractivity contribution is -0.385. The maximum absolute atomic E-state index is 12.9. The molecule has 0 heterocycles. The van der Waals surface area contributed by atoms with Gasteiger partial charge in [-0.25, -0.2) is 4.39 Å². The fraction of sp³-hybridized carbons (Fsp3) is 0.364. The number of alkyl halides is 1. The minimum absolute atomic E-state index is 0.147. The Bertz CT molecular complexity index is 491. The Hall–Kier alpha value is -1.69. The van der Waals surface area contributed by atoms with E-state index < -0.39 is 27.9 Å². The molecule has 5 nitrogen and oxygen atoms in total. The number of halogens is 2. The SMILES string of the molecule is CC(C)(CCl)NC(=O)c1ccc(F)cc1[N+](=O)[O-]. The summed E-state index contributed by atoms with van der Waals surface area (Å²) in [5.74, 6) is -1.28. The standard InChI is InChI=1S/C11H12ClFN2O3/c1-11(2,6-12)14-10(16)8-4-3-7(13)5-9(8)15(17)18/h3-5H,6H2,1-2H3,(H,14,16). The van der Waals surface area contributed by atoms with Crippen LogP contribution in [0.25, 0.3) is 0 Å². The molecule has 0 atom stereocenters. The number of carbonyl (C=O) groups excluding carboxylic acids is 1. The number of amides is 1. The highest BCUT2D eigenvalue weighted by Gasteiger charge is 2.25. The predicted octanol–water partition coefficient (Wildman–Crippen LogP) is 2.48. The Morgan fingerprint density at radius 1 is 1.56 bits per heavy atom. The number of nitrogens with one attached hydrogen (secondary N) is 1. The lowest BCUT2D eigenvalue weighted by Gasteiger charge is -2.23. The van der Waals surface area contributed by atoms with Gasteiger partial charge < -0.3 is 5.32 Å². The third kappa shape index (κ3) is 3.40. The summed E-state index contributed by atoms with van der Waals surface area (Å²) in [5, 5.41) is 13.3. The molecule has 0 unspecified atom stereocenters. The molecule has 1 aromatic carbocycles. The average molecular weight is 275 g/mol. The lowest BCUT2D eigenvalue weighted by Crippen LogP contribution is -2.45. The molecule has 1 rings (SSSR count). The Morgan fingerprint density at radius 2 is 2.17 bits per heavy atom. The highest BCUT2D eigenvalue weighted by Crippen LogP contribution is 2.20. The molecule has 0 saturated heterocycles. The van der Waals surface area contributed by atoms with Gasteiger partial charge in [-0.3, -0.25) is 14.9 Å². The van der Waals surface area contributed by atoms with Gasteiger partial charge in [-0.1, -0.05) is 0 Å². The van der Waals surface area contributed by atoms with Crippen molar-refractivity contribution in [3.63, 3.8) is 0 Å². The van der Waals surface area contributed by atoms with Crippen LogP contribution >= 0.6 is 11.6 Å². The number of nitro groups is 1. The van der Waals surface area contributed by atoms with Gasteiger partial charge in [0.2, 0.25) is 0 Å². The van der Waals surface area contributed by atoms with Crippen LogP contribution < -0.4 is 5.32 Å². The topological polar surface area (TPSA) is 72.2 Å². The van der Waals surface area contributed by atoms with Gasteiger partial charge in [0.25, 0.3) is 11.6 Å². The van der Waals surface area contributed by atoms with Crippen LogP contribution in [-0.4, -0.2) is 22.2 Å². The van der Waals surface area contributed by atoms with E-state index in [0.717, 1.165) is 12.1 Å². The number of carbonyl (C=O) groups is 1. The van der Waals surface area contributed by atoms with Gasteiger partial charge in [-0.2, -0.15) is 0 Å². The van der Waals surface area contributed by atoms with Crippen molar-refractivity contribution in [2.24, 2.45) is 0 Å². The molecule has 7 heteroatoms. The van der Waals surface area contributed by atoms with Crippen LogP contribution in [0.1, 0.15) is 24.2 Å². The quantitative estimate of drug-likeness (QED) is 0.521. The van der Waals surface area contributed by atoms with Crippen molar-refractivity contribution >= 4 is 23.2 Å². The Balaban J connectivity index is 3.10. The van der Waals surface area contributed by atoms with Crippen molar-refractivity contribution in [1.82, 2.24) is 5.32 Å². The molecular formula is C11H12ClFN2O3. The van der Waals surface area contributed by atoms with E-state index in [2.05, 4.69) is 5.32 Å². The van der Waals surface area contributed by atoms with Crippen LogP contribution in [0.5, 0.6) is 0 Å². The van der Waals surface area contributed by atoms with E-state index in [0.29, 0.717) is 6.07 Å². The first-order valence-electron chi connectivity index (χ1n) is 5.09. The molecule has 0 aliphatic carbocycles. The van der Waals surface area contributed by atoms with Gasteiger partial charge in [-0.05, 0) is 26.0 Å². The van der Waals surface area contributed by atoms with Gasteiger partial charge >= 0.3 is 0 Å². The van der Waals surface area contributed by atoms with Crippen LogP contribution in [0, 0.1) is 15.9 Å². The molecule has 1 aromatic rings. The maximum atomic E-state index is 12.9. The number of hydrogen-bond acceptors (Lipinski definition) is 3. The van der Waals surface area contributed by atoms with Crippen molar-refractivity contribution in [2.45, 2.75) is 19.4 Å². The first-order chi connectivity index (χ1) is 8.26. The van der Waals surface area contributed by atoms with E-state index >= 15 is 0 Å². The van der Waals surface area contributed by atoms with Crippen LogP contribution in [0.15, 0.2) is 18.2 Å². The highest BCUT2D eigenvalue weighted by molar-refractivity contribution is 6.18. The molecular weight excluding hydrogens is 263 g/mol. The van der Waals surface area contributed by atoms with E-state index in [1.807, 2.05) is 0 Å². The van der Waals surface area contributed by atoms with Gasteiger partial charge in [0.15, 0.2) is 0 Å². The predicted molar refractivity (Wildman–Crippen MR) is 65.3 cm³/mol. The number of rotatable bonds is 4. The molecule has 1 amide bonds. The Labute approximate surface area is 108 Å². The summed E-state index contributed by atoms with van der Waals surface area (Å²) in [7, 11) is 0. The smallest absolute Gasteiger partial charge is 0.285 e. The second-order valence-corrected chi connectivity index (χ2v) is 4.66. The van der Waals surface area contributed by atoms with Crippen LogP contribution in [-0.2, 0) is 0 Å². The average Bonchev–Trinajstić information content (AvgIpc) is 2.28. The van der Waals surface area contributed by atoms with Crippen molar-refractivity contribution in [1.29, 1.82) is 0 Å². The largest absolute Gasteiger partial charge is 0.346 e. The molecule has 0 bridgehead atoms. The van der Waals surface area contributed by atoms with E-state index in [1.54, 1.807) is 13.8 Å². The monoisotopic (exact) mass is 274 g/mol. The van der Waals surface area contributed by atoms with Crippen molar-refractivity contribution < 1.29 is 14.1 Å². The third-order valence-electron chi connectivity index (χ3n) is 2.19. The van der Waals surface area contributed by atoms with Gasteiger partial charge in [0.1, 0.15) is 11.4 Å². The molecule has 0 aliphatic heterocycles. The summed E-state index contributed by atoms with van der Waals surface area (Å²) in [6.07, 6.45) is 0. The van der Waals surface area contributed by atoms with Crippen molar-refractivity contribution in [3.05, 3.63) is 39.7 Å². The molecule has 0 aliphatic rings. The zero-order valence-electron chi connectivity index (χ0n) is 9.87. The van der Waals surface area contributed by atoms with E-state index in [9.17, 15) is 19.3 Å². The minimum atomic E-state index is -0.800. The molecule has 98 valence electrons. The second-order valence-electron chi connectivity index (χ2n) is 4.39. The summed E-state index contributed by atoms with van der Waals surface area (Å²) in [4.78, 5) is 21.8. The Kier molecular flexibility index (Phi) is 4.24. The third-order valence-corrected chi connectivity index (χ3v) is 2.86. The maximum Gasteiger partial charge on any atom is 0.285 e. The highest BCUT2D eigenvalue weighted by atomic mass is 35.5. The van der Waals surface area contributed by atoms with Crippen LogP contribution in [0.4, 0.5) is 10.1 Å². The summed E-state index contributed by atoms with van der Waals surface area (Å²) in [6, 6.07) is 2.78. The minimum Gasteiger partial charge on any atom is -0.346 e. The van der Waals surface area contributed by atoms with E-state index in [4.69, 9.17) is 11.6 Å². The fourth-order valence-corrected chi connectivity index (χ4v) is 1.32. The molecule has 0 aromatic heterocycles. The van der Waals surface area contributed by atoms with Gasteiger partial charge in [-0.15, -0.1) is 11.6 Å². The number of nitrogens with zero attached hydrogens (tertiary/aromatic N) is 1. The number of benzene rings is 1. The van der Waals surface area contributed by atoms with Crippen molar-refractivity contribution in [3.8, 4) is 0 Å². The van der Waals surface area contributed by atoms with Crippen LogP contribution in [0.2, 0.25) is 0 Å². The van der Waals surface area contributed by atoms with E-state index in [-0.39, 0.29) is 11.4 Å². The van der Waals surface area contributed by atoms with Crippen molar-refractivity contribution in [2.75, 3.05) is 5.88 Å². The summed E-state index contributed by atoms with van der Waals surface area (Å²) < 4.78 is 12.9. The zero-order valence-corrected chi connectivity index (χ0v) is 10.6. The number of nitro benzene ring substituents is 1. The van der Waals surface area contributed by atoms with Crippen LogP contribution in [0.3, 0.4) is 0 Å². The first-order valence-corrected chi connectivity index (χ1v) is 5.63. The molecule has 0 radical (unpaired) electrons. The molecule has 18 heavy (non-hydrogen) atoms. The lowest BCUT2D eigenvalue weighted by atomic mass is 10.1. The second kappa shape index (κ2) is 5.30. The van der Waals surface area contributed by atoms with E-state index in [1.165, 1.54) is 0 Å². The molecule has 0 saturated carbocycles. The zero-order chi connectivity index (χ0) is 13.9. The molecule has 1 N–H and O–H groups in total. The fourth-order valence-electron chi connectivity index (χ4n) is 1.26. The Morgan fingerprint density at radius 3 is 2.67 bits per heavy atom. The summed E-state index contributed by atoms with van der Waals surface area (Å²) in [6.45, 7) is 3.35. The van der Waals surface area contributed by atoms with Gasteiger partial charge in [0.05, 0.1) is 11.0 Å². The number of hydrogen-bond donors (Lipinski definition) is 1. The summed E-state index contributed by atoms with van der Waals surface area (Å²) >= 11 is 5.64.